The van der Waals surface area contributed by atoms with E-state index >= 15 is 0 Å². The maximum atomic E-state index is 13.1. The summed E-state index contributed by atoms with van der Waals surface area (Å²) in [5.74, 6) is -1.70. The van der Waals surface area contributed by atoms with Crippen molar-refractivity contribution in [3.63, 3.8) is 0 Å². The minimum Gasteiger partial charge on any atom is -0.512 e. The molecule has 1 rings (SSSR count). The van der Waals surface area contributed by atoms with Gasteiger partial charge < -0.3 is 19.4 Å². The van der Waals surface area contributed by atoms with Crippen LogP contribution in [0.15, 0.2) is 18.2 Å². The molecule has 80 valence electrons. The molecule has 0 fully saturated rings. The highest BCUT2D eigenvalue weighted by Crippen LogP contribution is 2.17. The molecule has 0 aromatic heterocycles. The highest BCUT2D eigenvalue weighted by atomic mass is 19.1. The van der Waals surface area contributed by atoms with Gasteiger partial charge in [-0.2, -0.15) is 0 Å². The van der Waals surface area contributed by atoms with Gasteiger partial charge in [-0.25, -0.2) is 9.18 Å². The molecular weight excluding hydrogens is 206 g/mol. The molecule has 0 saturated carbocycles. The molecule has 7 heteroatoms. The monoisotopic (exact) mass is 214 g/mol. The lowest BCUT2D eigenvalue weighted by Crippen LogP contribution is -2.20. The second kappa shape index (κ2) is 4.76. The van der Waals surface area contributed by atoms with Crippen LogP contribution in [0.5, 0.6) is 5.75 Å². The molecule has 1 aromatic rings. The zero-order valence-electron chi connectivity index (χ0n) is 7.81. The maximum Gasteiger partial charge on any atom is 0.707 e. The average Bonchev–Trinajstić information content (AvgIpc) is 2.19. The molecule has 0 spiro atoms. The summed E-state index contributed by atoms with van der Waals surface area (Å²) >= 11 is 0. The smallest absolute Gasteiger partial charge is 0.512 e. The molecule has 0 atom stereocenters. The molecule has 0 amide bonds. The Kier molecular flexibility index (Phi) is 3.65. The van der Waals surface area contributed by atoms with E-state index in [-0.39, 0.29) is 11.3 Å². The third-order valence-corrected chi connectivity index (χ3v) is 1.58. The molecule has 1 aromatic carbocycles. The standard InChI is InChI=1S/C8H8BFO5/c1-14-8(11)6-4-5(15-9(12)13)2-3-7(6)10/h2-4,12-13H,1H3. The van der Waals surface area contributed by atoms with Gasteiger partial charge in [-0.1, -0.05) is 0 Å². The summed E-state index contributed by atoms with van der Waals surface area (Å²) in [6, 6.07) is 3.13. The van der Waals surface area contributed by atoms with E-state index in [4.69, 9.17) is 10.0 Å². The number of carbonyl (C=O) groups excluding carboxylic acids is 1. The van der Waals surface area contributed by atoms with Gasteiger partial charge in [0.2, 0.25) is 0 Å². The van der Waals surface area contributed by atoms with Gasteiger partial charge >= 0.3 is 13.3 Å². The van der Waals surface area contributed by atoms with E-state index in [2.05, 4.69) is 9.39 Å². The van der Waals surface area contributed by atoms with Crippen LogP contribution in [-0.4, -0.2) is 30.4 Å². The Morgan fingerprint density at radius 2 is 2.13 bits per heavy atom. The van der Waals surface area contributed by atoms with Crippen LogP contribution in [0.25, 0.3) is 0 Å². The first-order chi connectivity index (χ1) is 7.04. The number of methoxy groups -OCH3 is 1. The number of carbonyl (C=O) groups is 1. The first kappa shape index (κ1) is 11.5. The van der Waals surface area contributed by atoms with Crippen LogP contribution in [0.1, 0.15) is 10.4 Å². The summed E-state index contributed by atoms with van der Waals surface area (Å²) in [5.41, 5.74) is -0.337. The number of benzene rings is 1. The fourth-order valence-electron chi connectivity index (χ4n) is 0.966. The average molecular weight is 214 g/mol. The molecule has 2 N–H and O–H groups in total. The fraction of sp³-hybridized carbons (Fsp3) is 0.125. The lowest BCUT2D eigenvalue weighted by molar-refractivity contribution is 0.0595. The predicted molar refractivity (Wildman–Crippen MR) is 48.6 cm³/mol. The number of esters is 1. The van der Waals surface area contributed by atoms with Gasteiger partial charge in [0.1, 0.15) is 11.6 Å². The molecular formula is C8H8BFO5. The molecule has 0 heterocycles. The minimum atomic E-state index is -2.03. The van der Waals surface area contributed by atoms with Crippen molar-refractivity contribution in [2.75, 3.05) is 7.11 Å². The Bertz CT molecular complexity index is 368. The van der Waals surface area contributed by atoms with E-state index in [1.807, 2.05) is 0 Å². The summed E-state index contributed by atoms with van der Waals surface area (Å²) in [6.07, 6.45) is 0. The zero-order chi connectivity index (χ0) is 11.4. The van der Waals surface area contributed by atoms with E-state index < -0.39 is 19.1 Å². The summed E-state index contributed by atoms with van der Waals surface area (Å²) in [4.78, 5) is 11.0. The Morgan fingerprint density at radius 1 is 1.47 bits per heavy atom. The van der Waals surface area contributed by atoms with Crippen LogP contribution in [0.4, 0.5) is 4.39 Å². The van der Waals surface area contributed by atoms with Gasteiger partial charge in [-0.05, 0) is 18.2 Å². The first-order valence-corrected chi connectivity index (χ1v) is 3.95. The van der Waals surface area contributed by atoms with Crippen molar-refractivity contribution in [1.82, 2.24) is 0 Å². The third-order valence-electron chi connectivity index (χ3n) is 1.58. The molecule has 0 aliphatic heterocycles. The summed E-state index contributed by atoms with van der Waals surface area (Å²) in [6.45, 7) is 0. The van der Waals surface area contributed by atoms with Gasteiger partial charge in [0.15, 0.2) is 0 Å². The predicted octanol–water partition coefficient (Wildman–Crippen LogP) is -0.0394. The van der Waals surface area contributed by atoms with Gasteiger partial charge in [0.25, 0.3) is 0 Å². The number of halogens is 1. The van der Waals surface area contributed by atoms with Gasteiger partial charge in [0, 0.05) is 0 Å². The normalized spacial score (nSPS) is 9.60. The van der Waals surface area contributed by atoms with Gasteiger partial charge in [0.05, 0.1) is 12.7 Å². The largest absolute Gasteiger partial charge is 0.707 e. The van der Waals surface area contributed by atoms with Crippen molar-refractivity contribution in [2.24, 2.45) is 0 Å². The van der Waals surface area contributed by atoms with Crippen molar-refractivity contribution in [3.8, 4) is 5.75 Å². The fourth-order valence-corrected chi connectivity index (χ4v) is 0.966. The first-order valence-electron chi connectivity index (χ1n) is 3.95. The topological polar surface area (TPSA) is 76.0 Å². The van der Waals surface area contributed by atoms with Crippen molar-refractivity contribution < 1.29 is 28.6 Å². The van der Waals surface area contributed by atoms with Crippen molar-refractivity contribution >= 4 is 13.3 Å². The second-order valence-electron chi connectivity index (χ2n) is 2.58. The third kappa shape index (κ3) is 2.93. The molecule has 0 unspecified atom stereocenters. The summed E-state index contributed by atoms with van der Waals surface area (Å²) in [5, 5.41) is 17.0. The van der Waals surface area contributed by atoms with Crippen LogP contribution in [0, 0.1) is 5.82 Å². The van der Waals surface area contributed by atoms with E-state index in [0.29, 0.717) is 0 Å². The lowest BCUT2D eigenvalue weighted by atomic mass is 10.2. The van der Waals surface area contributed by atoms with Crippen LogP contribution in [-0.2, 0) is 4.74 Å². The number of rotatable bonds is 3. The molecule has 0 saturated heterocycles. The van der Waals surface area contributed by atoms with Crippen LogP contribution in [0.3, 0.4) is 0 Å². The Labute approximate surface area is 85.2 Å². The SMILES string of the molecule is COC(=O)c1cc(OB(O)O)ccc1F. The van der Waals surface area contributed by atoms with Crippen molar-refractivity contribution in [1.29, 1.82) is 0 Å². The van der Waals surface area contributed by atoms with Gasteiger partial charge in [-0.15, -0.1) is 0 Å². The maximum absolute atomic E-state index is 13.1. The second-order valence-corrected chi connectivity index (χ2v) is 2.58. The minimum absolute atomic E-state index is 0.0493. The Morgan fingerprint density at radius 3 is 2.67 bits per heavy atom. The van der Waals surface area contributed by atoms with Crippen molar-refractivity contribution in [2.45, 2.75) is 0 Å². The highest BCUT2D eigenvalue weighted by molar-refractivity contribution is 6.33. The van der Waals surface area contributed by atoms with Crippen LogP contribution >= 0.6 is 0 Å². The molecule has 15 heavy (non-hydrogen) atoms. The number of ether oxygens (including phenoxy) is 1. The van der Waals surface area contributed by atoms with Gasteiger partial charge in [-0.3, -0.25) is 0 Å². The molecule has 0 aliphatic rings. The number of hydrogen-bond acceptors (Lipinski definition) is 5. The molecule has 0 aliphatic carbocycles. The summed E-state index contributed by atoms with van der Waals surface area (Å²) < 4.78 is 21.8. The van der Waals surface area contributed by atoms with E-state index in [0.717, 1.165) is 25.3 Å². The van der Waals surface area contributed by atoms with E-state index in [1.165, 1.54) is 0 Å². The number of hydrogen-bond donors (Lipinski definition) is 2. The Balaban J connectivity index is 3.00. The zero-order valence-corrected chi connectivity index (χ0v) is 7.81. The quantitative estimate of drug-likeness (QED) is 0.545. The van der Waals surface area contributed by atoms with E-state index in [9.17, 15) is 9.18 Å². The van der Waals surface area contributed by atoms with Crippen LogP contribution in [0.2, 0.25) is 0 Å². The molecule has 0 bridgehead atoms. The van der Waals surface area contributed by atoms with Crippen molar-refractivity contribution in [3.05, 3.63) is 29.6 Å². The lowest BCUT2D eigenvalue weighted by Gasteiger charge is -2.06. The molecule has 0 radical (unpaired) electrons. The van der Waals surface area contributed by atoms with Crippen LogP contribution < -0.4 is 4.65 Å². The van der Waals surface area contributed by atoms with E-state index in [1.54, 1.807) is 0 Å². The molecule has 5 nitrogen and oxygen atoms in total. The summed E-state index contributed by atoms with van der Waals surface area (Å²) in [7, 11) is -0.920. The highest BCUT2D eigenvalue weighted by Gasteiger charge is 2.16. The Hall–Kier alpha value is -1.60.